The maximum atomic E-state index is 5.29. The summed E-state index contributed by atoms with van der Waals surface area (Å²) in [5, 5.41) is 0. The van der Waals surface area contributed by atoms with Crippen molar-refractivity contribution in [1.82, 2.24) is 0 Å². The van der Waals surface area contributed by atoms with Gasteiger partial charge in [-0.05, 0) is 12.8 Å². The molecular formula is C8H9I. The number of terminal acetylenes is 1. The van der Waals surface area contributed by atoms with Gasteiger partial charge in [-0.1, -0.05) is 40.7 Å². The van der Waals surface area contributed by atoms with Gasteiger partial charge in [0.25, 0.3) is 0 Å². The molecule has 0 aromatic heterocycles. The van der Waals surface area contributed by atoms with E-state index in [1.165, 1.54) is 12.8 Å². The lowest BCUT2D eigenvalue weighted by Gasteiger charge is -2.16. The summed E-state index contributed by atoms with van der Waals surface area (Å²) in [6, 6.07) is 0. The van der Waals surface area contributed by atoms with Gasteiger partial charge >= 0.3 is 0 Å². The molecule has 0 bridgehead atoms. The molecule has 0 fully saturated rings. The third kappa shape index (κ3) is 1.72. The Morgan fingerprint density at radius 1 is 1.67 bits per heavy atom. The molecule has 0 saturated heterocycles. The summed E-state index contributed by atoms with van der Waals surface area (Å²) in [5.41, 5.74) is 0. The molecule has 2 atom stereocenters. The van der Waals surface area contributed by atoms with Crippen molar-refractivity contribution in [2.24, 2.45) is 5.92 Å². The monoisotopic (exact) mass is 232 g/mol. The van der Waals surface area contributed by atoms with Gasteiger partial charge < -0.3 is 0 Å². The molecule has 0 aliphatic heterocycles. The van der Waals surface area contributed by atoms with Crippen molar-refractivity contribution in [2.45, 2.75) is 16.8 Å². The lowest BCUT2D eigenvalue weighted by atomic mass is 9.97. The first-order chi connectivity index (χ1) is 4.34. The minimum absolute atomic E-state index is 0.388. The maximum absolute atomic E-state index is 5.29. The Hall–Kier alpha value is 0.0300. The molecular weight excluding hydrogens is 223 g/mol. The van der Waals surface area contributed by atoms with Crippen molar-refractivity contribution in [3.05, 3.63) is 12.2 Å². The van der Waals surface area contributed by atoms with Gasteiger partial charge in [0.15, 0.2) is 0 Å². The van der Waals surface area contributed by atoms with Crippen LogP contribution in [0.4, 0.5) is 0 Å². The average molecular weight is 232 g/mol. The fourth-order valence-corrected chi connectivity index (χ4v) is 1.77. The van der Waals surface area contributed by atoms with Crippen LogP contribution in [0.1, 0.15) is 12.8 Å². The van der Waals surface area contributed by atoms with Crippen LogP contribution in [0.15, 0.2) is 12.2 Å². The van der Waals surface area contributed by atoms with Crippen molar-refractivity contribution in [3.63, 3.8) is 0 Å². The van der Waals surface area contributed by atoms with E-state index in [1.54, 1.807) is 0 Å². The molecule has 0 nitrogen and oxygen atoms in total. The lowest BCUT2D eigenvalue weighted by Crippen LogP contribution is -2.12. The van der Waals surface area contributed by atoms with Crippen molar-refractivity contribution in [1.29, 1.82) is 0 Å². The van der Waals surface area contributed by atoms with Crippen LogP contribution in [-0.2, 0) is 0 Å². The number of alkyl halides is 1. The minimum Gasteiger partial charge on any atom is -0.119 e. The van der Waals surface area contributed by atoms with Crippen LogP contribution in [0, 0.1) is 18.3 Å². The van der Waals surface area contributed by atoms with E-state index in [4.69, 9.17) is 6.42 Å². The molecule has 0 saturated carbocycles. The fourth-order valence-electron chi connectivity index (χ4n) is 0.958. The Bertz CT molecular complexity index is 152. The van der Waals surface area contributed by atoms with Crippen molar-refractivity contribution < 1.29 is 0 Å². The van der Waals surface area contributed by atoms with E-state index in [0.29, 0.717) is 9.84 Å². The summed E-state index contributed by atoms with van der Waals surface area (Å²) < 4.78 is 0.664. The fraction of sp³-hybridized carbons (Fsp3) is 0.500. The van der Waals surface area contributed by atoms with E-state index >= 15 is 0 Å². The second-order valence-corrected chi connectivity index (χ2v) is 3.81. The van der Waals surface area contributed by atoms with Crippen LogP contribution in [-0.4, -0.2) is 3.92 Å². The van der Waals surface area contributed by atoms with Gasteiger partial charge in [-0.2, -0.15) is 0 Å². The van der Waals surface area contributed by atoms with Crippen molar-refractivity contribution >= 4 is 22.6 Å². The molecule has 0 spiro atoms. The molecule has 0 amide bonds. The molecule has 0 heterocycles. The van der Waals surface area contributed by atoms with Crippen LogP contribution < -0.4 is 0 Å². The van der Waals surface area contributed by atoms with Crippen LogP contribution in [0.3, 0.4) is 0 Å². The highest BCUT2D eigenvalue weighted by atomic mass is 127. The van der Waals surface area contributed by atoms with Gasteiger partial charge in [-0.15, -0.1) is 6.42 Å². The largest absolute Gasteiger partial charge is 0.119 e. The van der Waals surface area contributed by atoms with E-state index in [-0.39, 0.29) is 0 Å². The van der Waals surface area contributed by atoms with Crippen LogP contribution >= 0.6 is 22.6 Å². The summed E-state index contributed by atoms with van der Waals surface area (Å²) in [7, 11) is 0. The zero-order valence-electron chi connectivity index (χ0n) is 5.18. The molecule has 48 valence electrons. The highest BCUT2D eigenvalue weighted by Gasteiger charge is 2.15. The van der Waals surface area contributed by atoms with E-state index in [0.717, 1.165) is 0 Å². The van der Waals surface area contributed by atoms with Gasteiger partial charge in [-0.25, -0.2) is 0 Å². The average Bonchev–Trinajstić information content (AvgIpc) is 1.89. The number of hydrogen-bond donors (Lipinski definition) is 0. The molecule has 0 N–H and O–H groups in total. The quantitative estimate of drug-likeness (QED) is 0.260. The van der Waals surface area contributed by atoms with E-state index in [1.807, 2.05) is 0 Å². The van der Waals surface area contributed by atoms with Gasteiger partial charge in [0.2, 0.25) is 0 Å². The van der Waals surface area contributed by atoms with Crippen LogP contribution in [0.2, 0.25) is 0 Å². The lowest BCUT2D eigenvalue weighted by molar-refractivity contribution is 0.687. The zero-order chi connectivity index (χ0) is 6.69. The van der Waals surface area contributed by atoms with Gasteiger partial charge in [0, 0.05) is 9.84 Å². The predicted octanol–water partition coefficient (Wildman–Crippen LogP) is 2.39. The molecule has 0 aromatic carbocycles. The molecule has 0 radical (unpaired) electrons. The van der Waals surface area contributed by atoms with Gasteiger partial charge in [0.1, 0.15) is 0 Å². The normalized spacial score (nSPS) is 33.8. The first kappa shape index (κ1) is 7.14. The maximum Gasteiger partial charge on any atom is 0.0497 e. The van der Waals surface area contributed by atoms with Crippen molar-refractivity contribution in [3.8, 4) is 12.3 Å². The molecule has 1 aliphatic carbocycles. The van der Waals surface area contributed by atoms with E-state index in [9.17, 15) is 0 Å². The first-order valence-electron chi connectivity index (χ1n) is 3.11. The second-order valence-electron chi connectivity index (χ2n) is 2.21. The molecule has 9 heavy (non-hydrogen) atoms. The first-order valence-corrected chi connectivity index (χ1v) is 4.36. The summed E-state index contributed by atoms with van der Waals surface area (Å²) in [4.78, 5) is 0. The third-order valence-electron chi connectivity index (χ3n) is 1.53. The number of halogens is 1. The Morgan fingerprint density at radius 2 is 2.44 bits per heavy atom. The van der Waals surface area contributed by atoms with Gasteiger partial charge in [-0.3, -0.25) is 0 Å². The summed E-state index contributed by atoms with van der Waals surface area (Å²) in [6.45, 7) is 0. The van der Waals surface area contributed by atoms with E-state index < -0.39 is 0 Å². The minimum atomic E-state index is 0.388. The zero-order valence-corrected chi connectivity index (χ0v) is 7.34. The molecule has 1 aliphatic rings. The third-order valence-corrected chi connectivity index (χ3v) is 2.93. The standard InChI is InChI=1S/C8H9I/c1-2-7-5-3-4-6-8(7)9/h1,3,5,7-8H,4,6H2. The topological polar surface area (TPSA) is 0 Å². The van der Waals surface area contributed by atoms with E-state index in [2.05, 4.69) is 40.7 Å². The smallest absolute Gasteiger partial charge is 0.0497 e. The molecule has 2 unspecified atom stereocenters. The summed E-state index contributed by atoms with van der Waals surface area (Å²) in [6.07, 6.45) is 12.0. The van der Waals surface area contributed by atoms with Gasteiger partial charge in [0.05, 0.1) is 0 Å². The molecule has 1 heteroatoms. The second kappa shape index (κ2) is 3.26. The van der Waals surface area contributed by atoms with Crippen LogP contribution in [0.5, 0.6) is 0 Å². The Morgan fingerprint density at radius 3 is 2.89 bits per heavy atom. The molecule has 1 rings (SSSR count). The highest BCUT2D eigenvalue weighted by Crippen LogP contribution is 2.24. The number of allylic oxidation sites excluding steroid dienone is 2. The predicted molar refractivity (Wildman–Crippen MR) is 48.5 cm³/mol. The summed E-state index contributed by atoms with van der Waals surface area (Å²) in [5.74, 6) is 3.15. The van der Waals surface area contributed by atoms with Crippen LogP contribution in [0.25, 0.3) is 0 Å². The number of hydrogen-bond acceptors (Lipinski definition) is 0. The Labute approximate surface area is 69.9 Å². The Kier molecular flexibility index (Phi) is 2.59. The Balaban J connectivity index is 2.59. The summed E-state index contributed by atoms with van der Waals surface area (Å²) >= 11 is 2.43. The number of rotatable bonds is 0. The highest BCUT2D eigenvalue weighted by molar-refractivity contribution is 14.1. The molecule has 0 aromatic rings. The van der Waals surface area contributed by atoms with Crippen molar-refractivity contribution in [2.75, 3.05) is 0 Å². The SMILES string of the molecule is C#CC1C=CCCC1I.